The number of hydrogen-bond acceptors (Lipinski definition) is 4. The van der Waals surface area contributed by atoms with Crippen LogP contribution in [0.15, 0.2) is 36.5 Å². The highest BCUT2D eigenvalue weighted by Crippen LogP contribution is 2.14. The van der Waals surface area contributed by atoms with Crippen molar-refractivity contribution in [1.29, 1.82) is 0 Å². The summed E-state index contributed by atoms with van der Waals surface area (Å²) in [5, 5.41) is 3.39. The van der Waals surface area contributed by atoms with Crippen LogP contribution in [0.3, 0.4) is 0 Å². The molecular weight excluding hydrogens is 236 g/mol. The van der Waals surface area contributed by atoms with Crippen LogP contribution >= 0.6 is 0 Å². The first-order chi connectivity index (χ1) is 9.15. The smallest absolute Gasteiger partial charge is 0.221 e. The first-order valence-corrected chi connectivity index (χ1v) is 6.54. The average Bonchev–Trinajstić information content (AvgIpc) is 2.42. The summed E-state index contributed by atoms with van der Waals surface area (Å²) in [7, 11) is 0. The van der Waals surface area contributed by atoms with Crippen molar-refractivity contribution >= 4 is 11.8 Å². The van der Waals surface area contributed by atoms with Crippen molar-refractivity contribution < 1.29 is 0 Å². The number of rotatable bonds is 5. The Bertz CT molecular complexity index is 525. The number of nitrogens with two attached hydrogens (primary N) is 1. The van der Waals surface area contributed by atoms with Crippen LogP contribution in [0, 0.1) is 6.92 Å². The summed E-state index contributed by atoms with van der Waals surface area (Å²) in [6.45, 7) is 4.13. The van der Waals surface area contributed by atoms with Crippen molar-refractivity contribution in [2.24, 2.45) is 0 Å². The van der Waals surface area contributed by atoms with Crippen molar-refractivity contribution in [3.8, 4) is 0 Å². The molecule has 1 heterocycles. The Balaban J connectivity index is 1.90. The minimum atomic E-state index is 0.309. The molecule has 1 aromatic heterocycles. The maximum absolute atomic E-state index is 5.61. The number of nitrogen functional groups attached to an aromatic ring is 1. The van der Waals surface area contributed by atoms with Gasteiger partial charge in [0.05, 0.1) is 0 Å². The molecule has 1 atom stereocenters. The van der Waals surface area contributed by atoms with Gasteiger partial charge in [0, 0.05) is 17.8 Å². The first kappa shape index (κ1) is 13.3. The van der Waals surface area contributed by atoms with Gasteiger partial charge in [-0.2, -0.15) is 4.98 Å². The second kappa shape index (κ2) is 6.18. The van der Waals surface area contributed by atoms with E-state index in [9.17, 15) is 0 Å². The fraction of sp³-hybridized carbons (Fsp3) is 0.333. The van der Waals surface area contributed by atoms with Crippen LogP contribution in [0.5, 0.6) is 0 Å². The minimum Gasteiger partial charge on any atom is -0.368 e. The van der Waals surface area contributed by atoms with Crippen LogP contribution in [-0.2, 0) is 6.42 Å². The Hall–Kier alpha value is -2.10. The number of anilines is 2. The number of nitrogens with one attached hydrogen (secondary N) is 1. The van der Waals surface area contributed by atoms with E-state index < -0.39 is 0 Å². The summed E-state index contributed by atoms with van der Waals surface area (Å²) in [5.41, 5.74) is 7.98. The summed E-state index contributed by atoms with van der Waals surface area (Å²) >= 11 is 0. The third-order valence-electron chi connectivity index (χ3n) is 3.08. The summed E-state index contributed by atoms with van der Waals surface area (Å²) in [5.74, 6) is 1.14. The van der Waals surface area contributed by atoms with Gasteiger partial charge in [0.15, 0.2) is 0 Å². The zero-order valence-corrected chi connectivity index (χ0v) is 11.4. The molecule has 0 fully saturated rings. The van der Waals surface area contributed by atoms with Gasteiger partial charge in [0.2, 0.25) is 5.95 Å². The zero-order valence-electron chi connectivity index (χ0n) is 11.4. The molecule has 19 heavy (non-hydrogen) atoms. The van der Waals surface area contributed by atoms with Crippen molar-refractivity contribution in [2.45, 2.75) is 32.7 Å². The molecule has 1 aromatic carbocycles. The molecule has 100 valence electrons. The summed E-state index contributed by atoms with van der Waals surface area (Å²) < 4.78 is 0. The molecule has 0 aliphatic heterocycles. The van der Waals surface area contributed by atoms with E-state index in [0.29, 0.717) is 12.0 Å². The molecule has 2 rings (SSSR count). The maximum atomic E-state index is 5.61. The van der Waals surface area contributed by atoms with Gasteiger partial charge in [-0.25, -0.2) is 4.98 Å². The summed E-state index contributed by atoms with van der Waals surface area (Å²) in [4.78, 5) is 8.19. The fourth-order valence-corrected chi connectivity index (χ4v) is 1.94. The Morgan fingerprint density at radius 1 is 1.26 bits per heavy atom. The van der Waals surface area contributed by atoms with Gasteiger partial charge in [0.25, 0.3) is 0 Å². The first-order valence-electron chi connectivity index (χ1n) is 6.54. The zero-order chi connectivity index (χ0) is 13.7. The van der Waals surface area contributed by atoms with Gasteiger partial charge in [-0.15, -0.1) is 0 Å². The topological polar surface area (TPSA) is 63.8 Å². The summed E-state index contributed by atoms with van der Waals surface area (Å²) in [6.07, 6.45) is 3.84. The lowest BCUT2D eigenvalue weighted by Gasteiger charge is -2.16. The quantitative estimate of drug-likeness (QED) is 0.863. The van der Waals surface area contributed by atoms with E-state index in [1.807, 2.05) is 13.0 Å². The van der Waals surface area contributed by atoms with Crippen LogP contribution in [0.1, 0.15) is 24.5 Å². The molecule has 1 unspecified atom stereocenters. The van der Waals surface area contributed by atoms with E-state index in [0.717, 1.165) is 24.2 Å². The molecule has 0 amide bonds. The average molecular weight is 256 g/mol. The minimum absolute atomic E-state index is 0.309. The van der Waals surface area contributed by atoms with Crippen molar-refractivity contribution in [2.75, 3.05) is 11.1 Å². The van der Waals surface area contributed by atoms with Crippen LogP contribution in [0.2, 0.25) is 0 Å². The lowest BCUT2D eigenvalue weighted by atomic mass is 10.1. The van der Waals surface area contributed by atoms with Gasteiger partial charge >= 0.3 is 0 Å². The second-order valence-corrected chi connectivity index (χ2v) is 4.83. The molecule has 0 bridgehead atoms. The number of nitrogens with zero attached hydrogens (tertiary/aromatic N) is 2. The molecule has 0 saturated carbocycles. The number of aryl methyl sites for hydroxylation is 2. The van der Waals surface area contributed by atoms with E-state index in [2.05, 4.69) is 46.5 Å². The van der Waals surface area contributed by atoms with Crippen LogP contribution in [0.4, 0.5) is 11.8 Å². The van der Waals surface area contributed by atoms with Gasteiger partial charge in [0.1, 0.15) is 5.82 Å². The molecule has 2 aromatic rings. The van der Waals surface area contributed by atoms with Gasteiger partial charge < -0.3 is 11.1 Å². The van der Waals surface area contributed by atoms with Crippen molar-refractivity contribution in [1.82, 2.24) is 9.97 Å². The molecule has 0 spiro atoms. The molecular formula is C15H20N4. The monoisotopic (exact) mass is 256 g/mol. The Kier molecular flexibility index (Phi) is 4.34. The predicted octanol–water partition coefficient (Wildman–Crippen LogP) is 2.80. The molecule has 4 heteroatoms. The Morgan fingerprint density at radius 3 is 2.74 bits per heavy atom. The Morgan fingerprint density at radius 2 is 2.00 bits per heavy atom. The molecule has 0 saturated heterocycles. The normalized spacial score (nSPS) is 12.1. The highest BCUT2D eigenvalue weighted by molar-refractivity contribution is 5.45. The largest absolute Gasteiger partial charge is 0.368 e. The van der Waals surface area contributed by atoms with E-state index >= 15 is 0 Å². The van der Waals surface area contributed by atoms with E-state index in [1.165, 1.54) is 5.56 Å². The van der Waals surface area contributed by atoms with Crippen molar-refractivity contribution in [3.05, 3.63) is 47.7 Å². The van der Waals surface area contributed by atoms with Gasteiger partial charge in [-0.05, 0) is 32.3 Å². The van der Waals surface area contributed by atoms with Crippen LogP contribution in [0.25, 0.3) is 0 Å². The maximum Gasteiger partial charge on any atom is 0.221 e. The van der Waals surface area contributed by atoms with Crippen LogP contribution < -0.4 is 11.1 Å². The third-order valence-corrected chi connectivity index (χ3v) is 3.08. The SMILES string of the molecule is Cc1cnc(N)nc1NC(C)CCc1ccccc1. The molecule has 0 aliphatic carbocycles. The molecule has 0 radical (unpaired) electrons. The molecule has 0 aliphatic rings. The van der Waals surface area contributed by atoms with E-state index in [-0.39, 0.29) is 0 Å². The molecule has 4 nitrogen and oxygen atoms in total. The number of hydrogen-bond donors (Lipinski definition) is 2. The highest BCUT2D eigenvalue weighted by atomic mass is 15.1. The molecule has 3 N–H and O–H groups in total. The lowest BCUT2D eigenvalue weighted by Crippen LogP contribution is -2.18. The number of aromatic nitrogens is 2. The van der Waals surface area contributed by atoms with Gasteiger partial charge in [-0.3, -0.25) is 0 Å². The van der Waals surface area contributed by atoms with Crippen molar-refractivity contribution in [3.63, 3.8) is 0 Å². The third kappa shape index (κ3) is 3.95. The van der Waals surface area contributed by atoms with Gasteiger partial charge in [-0.1, -0.05) is 30.3 Å². The lowest BCUT2D eigenvalue weighted by molar-refractivity contribution is 0.702. The predicted molar refractivity (Wildman–Crippen MR) is 79.0 cm³/mol. The standard InChI is InChI=1S/C15H20N4/c1-11-10-17-15(16)19-14(11)18-12(2)8-9-13-6-4-3-5-7-13/h3-7,10,12H,8-9H2,1-2H3,(H3,16,17,18,19). The number of benzene rings is 1. The second-order valence-electron chi connectivity index (χ2n) is 4.83. The summed E-state index contributed by atoms with van der Waals surface area (Å²) in [6, 6.07) is 10.8. The highest BCUT2D eigenvalue weighted by Gasteiger charge is 2.07. The van der Waals surface area contributed by atoms with Crippen LogP contribution in [-0.4, -0.2) is 16.0 Å². The Labute approximate surface area is 114 Å². The van der Waals surface area contributed by atoms with E-state index in [1.54, 1.807) is 6.20 Å². The fourth-order valence-electron chi connectivity index (χ4n) is 1.94. The van der Waals surface area contributed by atoms with E-state index in [4.69, 9.17) is 5.73 Å².